The third kappa shape index (κ3) is 4.68. The summed E-state index contributed by atoms with van der Waals surface area (Å²) in [5.74, 6) is 0.702. The minimum atomic E-state index is -0.205. The highest BCUT2D eigenvalue weighted by molar-refractivity contribution is 9.10. The summed E-state index contributed by atoms with van der Waals surface area (Å²) in [6.07, 6.45) is 0.463. The fraction of sp³-hybridized carbons (Fsp3) is 0.269. The summed E-state index contributed by atoms with van der Waals surface area (Å²) in [4.78, 5) is 5.09. The molecule has 1 aliphatic rings. The van der Waals surface area contributed by atoms with Crippen molar-refractivity contribution in [2.45, 2.75) is 39.4 Å². The molecule has 4 rings (SSSR count). The van der Waals surface area contributed by atoms with E-state index in [1.54, 1.807) is 6.07 Å². The molecule has 0 saturated heterocycles. The van der Waals surface area contributed by atoms with E-state index in [9.17, 15) is 5.11 Å². The molecule has 160 valence electrons. The van der Waals surface area contributed by atoms with Crippen LogP contribution in [0.5, 0.6) is 11.5 Å². The lowest BCUT2D eigenvalue weighted by molar-refractivity contribution is 0.313. The van der Waals surface area contributed by atoms with Gasteiger partial charge in [-0.3, -0.25) is 10.3 Å². The van der Waals surface area contributed by atoms with E-state index in [0.717, 1.165) is 26.9 Å². The maximum Gasteiger partial charge on any atom is 0.162 e. The van der Waals surface area contributed by atoms with Crippen molar-refractivity contribution in [2.75, 3.05) is 6.61 Å². The van der Waals surface area contributed by atoms with E-state index in [2.05, 4.69) is 65.4 Å². The molecule has 1 heterocycles. The first-order valence-electron chi connectivity index (χ1n) is 10.6. The summed E-state index contributed by atoms with van der Waals surface area (Å²) in [5, 5.41) is 14.6. The molecular formula is C26H27BrN2O2. The third-order valence-electron chi connectivity index (χ3n) is 5.62. The molecule has 0 spiro atoms. The topological polar surface area (TPSA) is 53.8 Å². The van der Waals surface area contributed by atoms with Crippen LogP contribution in [0.15, 0.2) is 70.1 Å². The average molecular weight is 479 g/mol. The zero-order chi connectivity index (χ0) is 22.0. The quantitative estimate of drug-likeness (QED) is 0.446. The Morgan fingerprint density at radius 2 is 1.87 bits per heavy atom. The van der Waals surface area contributed by atoms with Crippen LogP contribution in [0.3, 0.4) is 0 Å². The van der Waals surface area contributed by atoms with Crippen LogP contribution in [0.2, 0.25) is 0 Å². The van der Waals surface area contributed by atoms with Gasteiger partial charge >= 0.3 is 0 Å². The van der Waals surface area contributed by atoms with Crippen molar-refractivity contribution in [1.82, 2.24) is 5.32 Å². The highest BCUT2D eigenvalue weighted by Gasteiger charge is 2.29. The van der Waals surface area contributed by atoms with Crippen LogP contribution in [-0.4, -0.2) is 17.4 Å². The molecule has 0 radical (unpaired) electrons. The molecule has 0 bridgehead atoms. The van der Waals surface area contributed by atoms with Gasteiger partial charge in [0.1, 0.15) is 6.17 Å². The lowest BCUT2D eigenvalue weighted by Gasteiger charge is -2.32. The number of para-hydroxylation sites is 1. The average Bonchev–Trinajstić information content (AvgIpc) is 2.75. The van der Waals surface area contributed by atoms with Gasteiger partial charge in [-0.1, -0.05) is 64.0 Å². The molecule has 0 aromatic heterocycles. The molecule has 4 nitrogen and oxygen atoms in total. The van der Waals surface area contributed by atoms with Gasteiger partial charge in [-0.05, 0) is 55.7 Å². The van der Waals surface area contributed by atoms with Crippen molar-refractivity contribution in [1.29, 1.82) is 0 Å². The Balaban J connectivity index is 1.79. The van der Waals surface area contributed by atoms with Gasteiger partial charge in [0.15, 0.2) is 11.5 Å². The predicted octanol–water partition coefficient (Wildman–Crippen LogP) is 6.39. The van der Waals surface area contributed by atoms with Crippen molar-refractivity contribution in [3.8, 4) is 11.5 Å². The summed E-state index contributed by atoms with van der Waals surface area (Å²) >= 11 is 3.58. The highest BCUT2D eigenvalue weighted by atomic mass is 79.9. The lowest BCUT2D eigenvalue weighted by atomic mass is 9.92. The zero-order valence-electron chi connectivity index (χ0n) is 18.0. The Morgan fingerprint density at radius 3 is 2.61 bits per heavy atom. The number of nitrogens with one attached hydrogen (secondary N) is 1. The smallest absolute Gasteiger partial charge is 0.162 e. The Kier molecular flexibility index (Phi) is 6.44. The van der Waals surface area contributed by atoms with Crippen LogP contribution >= 0.6 is 15.9 Å². The second-order valence-corrected chi connectivity index (χ2v) is 8.81. The maximum absolute atomic E-state index is 10.9. The van der Waals surface area contributed by atoms with Gasteiger partial charge in [0.25, 0.3) is 0 Å². The van der Waals surface area contributed by atoms with Crippen molar-refractivity contribution >= 4 is 21.6 Å². The summed E-state index contributed by atoms with van der Waals surface area (Å²) in [6.45, 7) is 6.64. The molecule has 2 atom stereocenters. The first-order valence-corrected chi connectivity index (χ1v) is 11.4. The number of aromatic hydroxyl groups is 1. The first kappa shape index (κ1) is 21.6. The molecule has 1 aliphatic heterocycles. The molecule has 0 amide bonds. The zero-order valence-corrected chi connectivity index (χ0v) is 19.6. The van der Waals surface area contributed by atoms with E-state index >= 15 is 0 Å². The fourth-order valence-corrected chi connectivity index (χ4v) is 4.53. The lowest BCUT2D eigenvalue weighted by Crippen LogP contribution is -2.33. The number of aryl methyl sites for hydroxylation is 2. The number of benzene rings is 3. The standard InChI is InChI=1S/C26H27BrN2O2/c1-4-31-24-10-6-9-21(25(24)30)23-15-22(18-7-5-8-19(27)14-18)28-26(29-23)20-12-11-16(2)13-17(20)3/h5-14,23,26,29-30H,4,15H2,1-3H3. The van der Waals surface area contributed by atoms with E-state index in [0.29, 0.717) is 18.8 Å². The maximum atomic E-state index is 10.9. The summed E-state index contributed by atoms with van der Waals surface area (Å²) in [5.41, 5.74) is 6.48. The molecule has 2 N–H and O–H groups in total. The van der Waals surface area contributed by atoms with E-state index in [1.165, 1.54) is 11.1 Å². The van der Waals surface area contributed by atoms with Crippen molar-refractivity contribution in [3.05, 3.63) is 93.0 Å². The van der Waals surface area contributed by atoms with Crippen LogP contribution < -0.4 is 10.1 Å². The molecule has 31 heavy (non-hydrogen) atoms. The molecule has 0 aliphatic carbocycles. The summed E-state index contributed by atoms with van der Waals surface area (Å²) in [7, 11) is 0. The Morgan fingerprint density at radius 1 is 1.06 bits per heavy atom. The number of nitrogens with zero attached hydrogens (tertiary/aromatic N) is 1. The molecule has 0 fully saturated rings. The second kappa shape index (κ2) is 9.25. The molecule has 3 aromatic carbocycles. The Labute approximate surface area is 192 Å². The number of phenolic OH excluding ortho intramolecular Hbond substituents is 1. The second-order valence-electron chi connectivity index (χ2n) is 7.90. The normalized spacial score (nSPS) is 18.5. The van der Waals surface area contributed by atoms with Crippen LogP contribution in [0.1, 0.15) is 53.4 Å². The number of ether oxygens (including phenoxy) is 1. The molecule has 0 saturated carbocycles. The minimum absolute atomic E-state index is 0.0995. The number of rotatable bonds is 5. The fourth-order valence-electron chi connectivity index (χ4n) is 4.13. The Bertz CT molecular complexity index is 1130. The first-order chi connectivity index (χ1) is 15.0. The van der Waals surface area contributed by atoms with Crippen LogP contribution in [0.25, 0.3) is 0 Å². The number of phenols is 1. The van der Waals surface area contributed by atoms with E-state index in [4.69, 9.17) is 9.73 Å². The molecular weight excluding hydrogens is 452 g/mol. The SMILES string of the molecule is CCOc1cccc(C2CC(c3cccc(Br)c3)=NC(c3ccc(C)cc3C)N2)c1O. The monoisotopic (exact) mass is 478 g/mol. The van der Waals surface area contributed by atoms with Gasteiger partial charge in [0, 0.05) is 28.2 Å². The third-order valence-corrected chi connectivity index (χ3v) is 6.12. The van der Waals surface area contributed by atoms with Crippen molar-refractivity contribution in [3.63, 3.8) is 0 Å². The predicted molar refractivity (Wildman–Crippen MR) is 129 cm³/mol. The number of hydrogen-bond acceptors (Lipinski definition) is 4. The van der Waals surface area contributed by atoms with Gasteiger partial charge in [-0.15, -0.1) is 0 Å². The van der Waals surface area contributed by atoms with Crippen LogP contribution in [0.4, 0.5) is 0 Å². The van der Waals surface area contributed by atoms with Crippen LogP contribution in [0, 0.1) is 13.8 Å². The number of hydrogen-bond donors (Lipinski definition) is 2. The van der Waals surface area contributed by atoms with Gasteiger partial charge in [0.05, 0.1) is 6.61 Å². The highest BCUT2D eigenvalue weighted by Crippen LogP contribution is 2.39. The van der Waals surface area contributed by atoms with Gasteiger partial charge in [-0.2, -0.15) is 0 Å². The van der Waals surface area contributed by atoms with E-state index in [1.807, 2.05) is 31.2 Å². The van der Waals surface area contributed by atoms with Gasteiger partial charge < -0.3 is 9.84 Å². The summed E-state index contributed by atoms with van der Waals surface area (Å²) in [6, 6.07) is 20.3. The minimum Gasteiger partial charge on any atom is -0.504 e. The number of halogens is 1. The van der Waals surface area contributed by atoms with E-state index < -0.39 is 0 Å². The Hall–Kier alpha value is -2.63. The molecule has 5 heteroatoms. The van der Waals surface area contributed by atoms with E-state index in [-0.39, 0.29) is 18.0 Å². The summed E-state index contributed by atoms with van der Waals surface area (Å²) < 4.78 is 6.65. The molecule has 2 unspecified atom stereocenters. The van der Waals surface area contributed by atoms with Crippen molar-refractivity contribution < 1.29 is 9.84 Å². The molecule has 3 aromatic rings. The van der Waals surface area contributed by atoms with Crippen molar-refractivity contribution in [2.24, 2.45) is 4.99 Å². The van der Waals surface area contributed by atoms with Gasteiger partial charge in [-0.25, -0.2) is 0 Å². The van der Waals surface area contributed by atoms with Gasteiger partial charge in [0.2, 0.25) is 0 Å². The number of aliphatic imine (C=N–C) groups is 1. The van der Waals surface area contributed by atoms with Crippen LogP contribution in [-0.2, 0) is 0 Å². The largest absolute Gasteiger partial charge is 0.504 e.